The summed E-state index contributed by atoms with van der Waals surface area (Å²) in [7, 11) is 0. The summed E-state index contributed by atoms with van der Waals surface area (Å²) in [5, 5.41) is 18.5. The molecule has 0 radical (unpaired) electrons. The molecule has 9 heteroatoms. The minimum Gasteiger partial charge on any atom is -0.491 e. The number of aliphatic hydroxyl groups is 1. The predicted octanol–water partition coefficient (Wildman–Crippen LogP) is 5.40. The maximum Gasteiger partial charge on any atom is 0.251 e. The summed E-state index contributed by atoms with van der Waals surface area (Å²) >= 11 is 12.2. The van der Waals surface area contributed by atoms with E-state index in [0.717, 1.165) is 17.5 Å². The fourth-order valence-electron chi connectivity index (χ4n) is 4.75. The van der Waals surface area contributed by atoms with E-state index in [-0.39, 0.29) is 24.5 Å². The SMILES string of the molecule is CC(C)Oc1cc(C(=O)NC(Cc2ccccc2)C(O)CNCc2cc(Cl)cc(Cl)c2)cc(N2CCCC2=O)c1. The van der Waals surface area contributed by atoms with Crippen molar-refractivity contribution in [2.45, 2.75) is 57.9 Å². The zero-order chi connectivity index (χ0) is 28.6. The van der Waals surface area contributed by atoms with E-state index in [0.29, 0.717) is 53.0 Å². The maximum atomic E-state index is 13.6. The van der Waals surface area contributed by atoms with E-state index in [1.54, 1.807) is 29.2 Å². The first-order valence-electron chi connectivity index (χ1n) is 13.5. The number of hydrogen-bond acceptors (Lipinski definition) is 5. The Kier molecular flexibility index (Phi) is 10.5. The predicted molar refractivity (Wildman–Crippen MR) is 159 cm³/mol. The van der Waals surface area contributed by atoms with Crippen molar-refractivity contribution < 1.29 is 19.4 Å². The zero-order valence-electron chi connectivity index (χ0n) is 22.7. The van der Waals surface area contributed by atoms with Gasteiger partial charge >= 0.3 is 0 Å². The third kappa shape index (κ3) is 8.45. The lowest BCUT2D eigenvalue weighted by Crippen LogP contribution is -2.48. The molecule has 40 heavy (non-hydrogen) atoms. The van der Waals surface area contributed by atoms with Gasteiger partial charge < -0.3 is 25.4 Å². The van der Waals surface area contributed by atoms with Crippen molar-refractivity contribution in [2.24, 2.45) is 0 Å². The number of carbonyl (C=O) groups is 2. The van der Waals surface area contributed by atoms with Crippen molar-refractivity contribution >= 4 is 40.7 Å². The Labute approximate surface area is 245 Å². The summed E-state index contributed by atoms with van der Waals surface area (Å²) in [5.74, 6) is 0.181. The second kappa shape index (κ2) is 14.0. The third-order valence-electron chi connectivity index (χ3n) is 6.59. The van der Waals surface area contributed by atoms with E-state index < -0.39 is 12.1 Å². The number of rotatable bonds is 12. The molecule has 4 rings (SSSR count). The Morgan fingerprint density at radius 3 is 2.40 bits per heavy atom. The minimum atomic E-state index is -0.895. The highest BCUT2D eigenvalue weighted by atomic mass is 35.5. The van der Waals surface area contributed by atoms with Crippen LogP contribution in [0.25, 0.3) is 0 Å². The molecule has 2 atom stereocenters. The molecule has 1 aliphatic rings. The van der Waals surface area contributed by atoms with Crippen LogP contribution in [-0.4, -0.2) is 48.3 Å². The Bertz CT molecular complexity index is 1300. The van der Waals surface area contributed by atoms with Crippen molar-refractivity contribution in [1.82, 2.24) is 10.6 Å². The molecule has 0 spiro atoms. The van der Waals surface area contributed by atoms with Crippen molar-refractivity contribution in [3.8, 4) is 5.75 Å². The van der Waals surface area contributed by atoms with Crippen LogP contribution in [0.3, 0.4) is 0 Å². The number of benzene rings is 3. The Morgan fingerprint density at radius 2 is 1.75 bits per heavy atom. The molecule has 3 aromatic carbocycles. The molecule has 1 aliphatic heterocycles. The van der Waals surface area contributed by atoms with Gasteiger partial charge in [0.2, 0.25) is 5.91 Å². The van der Waals surface area contributed by atoms with Crippen LogP contribution < -0.4 is 20.3 Å². The highest BCUT2D eigenvalue weighted by Crippen LogP contribution is 2.28. The van der Waals surface area contributed by atoms with Gasteiger partial charge in [0, 0.05) is 53.4 Å². The summed E-state index contributed by atoms with van der Waals surface area (Å²) < 4.78 is 5.90. The van der Waals surface area contributed by atoms with Crippen LogP contribution in [0, 0.1) is 0 Å². The van der Waals surface area contributed by atoms with Crippen molar-refractivity contribution in [1.29, 1.82) is 0 Å². The fourth-order valence-corrected chi connectivity index (χ4v) is 5.33. The second-order valence-corrected chi connectivity index (χ2v) is 11.1. The molecule has 7 nitrogen and oxygen atoms in total. The second-order valence-electron chi connectivity index (χ2n) is 10.3. The van der Waals surface area contributed by atoms with Gasteiger partial charge in [-0.05, 0) is 68.1 Å². The standard InChI is InChI=1S/C31H35Cl2N3O4/c1-20(2)40-27-15-23(14-26(17-27)36-10-6-9-30(36)38)31(39)35-28(13-21-7-4-3-5-8-21)29(37)19-34-18-22-11-24(32)16-25(33)12-22/h3-5,7-8,11-12,14-17,20,28-29,34,37H,6,9-10,13,18-19H2,1-2H3,(H,35,39). The van der Waals surface area contributed by atoms with Gasteiger partial charge in [-0.25, -0.2) is 0 Å². The van der Waals surface area contributed by atoms with E-state index in [2.05, 4.69) is 10.6 Å². The molecule has 0 aliphatic carbocycles. The number of aliphatic hydroxyl groups excluding tert-OH is 1. The molecule has 0 aromatic heterocycles. The number of nitrogens with one attached hydrogen (secondary N) is 2. The summed E-state index contributed by atoms with van der Waals surface area (Å²) in [4.78, 5) is 27.7. The number of hydrogen-bond donors (Lipinski definition) is 3. The summed E-state index contributed by atoms with van der Waals surface area (Å²) in [6.07, 6.45) is 0.686. The average molecular weight is 585 g/mol. The summed E-state index contributed by atoms with van der Waals surface area (Å²) in [6.45, 7) is 5.09. The molecule has 3 N–H and O–H groups in total. The topological polar surface area (TPSA) is 90.9 Å². The molecule has 212 valence electrons. The van der Waals surface area contributed by atoms with Crippen LogP contribution in [-0.2, 0) is 17.8 Å². The van der Waals surface area contributed by atoms with Crippen molar-refractivity contribution in [3.05, 3.63) is 93.5 Å². The van der Waals surface area contributed by atoms with Crippen LogP contribution in [0.5, 0.6) is 5.75 Å². The minimum absolute atomic E-state index is 0.0255. The first kappa shape index (κ1) is 29.9. The van der Waals surface area contributed by atoms with Gasteiger partial charge in [0.05, 0.1) is 18.2 Å². The highest BCUT2D eigenvalue weighted by molar-refractivity contribution is 6.34. The normalized spacial score (nSPS) is 14.8. The van der Waals surface area contributed by atoms with E-state index in [9.17, 15) is 14.7 Å². The molecule has 1 heterocycles. The van der Waals surface area contributed by atoms with E-state index in [1.165, 1.54) is 0 Å². The fraction of sp³-hybridized carbons (Fsp3) is 0.355. The number of anilines is 1. The van der Waals surface area contributed by atoms with Crippen LogP contribution in [0.4, 0.5) is 5.69 Å². The first-order valence-corrected chi connectivity index (χ1v) is 14.2. The van der Waals surface area contributed by atoms with E-state index >= 15 is 0 Å². The number of ether oxygens (including phenoxy) is 1. The lowest BCUT2D eigenvalue weighted by Gasteiger charge is -2.26. The molecule has 1 fully saturated rings. The highest BCUT2D eigenvalue weighted by Gasteiger charge is 2.26. The van der Waals surface area contributed by atoms with Crippen LogP contribution >= 0.6 is 23.2 Å². The summed E-state index contributed by atoms with van der Waals surface area (Å²) in [5.41, 5.74) is 2.86. The molecular formula is C31H35Cl2N3O4. The van der Waals surface area contributed by atoms with Crippen LogP contribution in [0.1, 0.15) is 48.2 Å². The van der Waals surface area contributed by atoms with Crippen LogP contribution in [0.2, 0.25) is 10.0 Å². The average Bonchev–Trinajstić information content (AvgIpc) is 3.33. The van der Waals surface area contributed by atoms with Gasteiger partial charge in [0.25, 0.3) is 5.91 Å². The largest absolute Gasteiger partial charge is 0.491 e. The maximum absolute atomic E-state index is 13.6. The Morgan fingerprint density at radius 1 is 1.02 bits per heavy atom. The lowest BCUT2D eigenvalue weighted by atomic mass is 10.00. The van der Waals surface area contributed by atoms with Gasteiger partial charge in [-0.2, -0.15) is 0 Å². The number of halogens is 2. The summed E-state index contributed by atoms with van der Waals surface area (Å²) in [6, 6.07) is 19.6. The van der Waals surface area contributed by atoms with Gasteiger partial charge in [0.1, 0.15) is 5.75 Å². The molecule has 0 saturated carbocycles. The van der Waals surface area contributed by atoms with Gasteiger partial charge in [-0.3, -0.25) is 9.59 Å². The molecular weight excluding hydrogens is 549 g/mol. The molecule has 3 aromatic rings. The van der Waals surface area contributed by atoms with E-state index in [4.69, 9.17) is 27.9 Å². The zero-order valence-corrected chi connectivity index (χ0v) is 24.2. The Balaban J connectivity index is 1.52. The Hall–Kier alpha value is -3.10. The molecule has 0 bridgehead atoms. The van der Waals surface area contributed by atoms with Crippen molar-refractivity contribution in [3.63, 3.8) is 0 Å². The third-order valence-corrected chi connectivity index (χ3v) is 7.03. The van der Waals surface area contributed by atoms with E-state index in [1.807, 2.05) is 56.3 Å². The number of nitrogens with zero attached hydrogens (tertiary/aromatic N) is 1. The monoisotopic (exact) mass is 583 g/mol. The smallest absolute Gasteiger partial charge is 0.251 e. The molecule has 2 unspecified atom stereocenters. The number of amides is 2. The lowest BCUT2D eigenvalue weighted by molar-refractivity contribution is -0.117. The van der Waals surface area contributed by atoms with Gasteiger partial charge in [0.15, 0.2) is 0 Å². The first-order chi connectivity index (χ1) is 19.2. The van der Waals surface area contributed by atoms with Crippen molar-refractivity contribution in [2.75, 3.05) is 18.0 Å². The molecule has 2 amide bonds. The van der Waals surface area contributed by atoms with Crippen LogP contribution in [0.15, 0.2) is 66.7 Å². The molecule has 1 saturated heterocycles. The number of carbonyl (C=O) groups excluding carboxylic acids is 2. The quantitative estimate of drug-likeness (QED) is 0.265. The van der Waals surface area contributed by atoms with Gasteiger partial charge in [-0.1, -0.05) is 53.5 Å². The van der Waals surface area contributed by atoms with Gasteiger partial charge in [-0.15, -0.1) is 0 Å².